The highest BCUT2D eigenvalue weighted by atomic mass is 32.2. The van der Waals surface area contributed by atoms with E-state index in [1.54, 1.807) is 0 Å². The highest BCUT2D eigenvalue weighted by Gasteiger charge is 2.48. The molecule has 23 heavy (non-hydrogen) atoms. The number of nitrogens with zero attached hydrogens (tertiary/aromatic N) is 1. The predicted octanol–water partition coefficient (Wildman–Crippen LogP) is 3.26. The fraction of sp³-hybridized carbons (Fsp3) is 0.600. The van der Waals surface area contributed by atoms with Crippen LogP contribution in [0.1, 0.15) is 37.2 Å². The molecule has 1 aromatic rings. The van der Waals surface area contributed by atoms with Crippen molar-refractivity contribution in [2.24, 2.45) is 0 Å². The van der Waals surface area contributed by atoms with Gasteiger partial charge in [-0.2, -0.15) is 21.6 Å². The van der Waals surface area contributed by atoms with Crippen molar-refractivity contribution < 1.29 is 25.8 Å². The minimum Gasteiger partial charge on any atom is -0.376 e. The summed E-state index contributed by atoms with van der Waals surface area (Å²) in [6.45, 7) is 0. The summed E-state index contributed by atoms with van der Waals surface area (Å²) in [4.78, 5) is 2.37. The lowest BCUT2D eigenvalue weighted by Gasteiger charge is -2.36. The average molecular weight is 349 g/mol. The molecule has 8 heteroatoms. The Kier molecular flexibility index (Phi) is 4.08. The van der Waals surface area contributed by atoms with Crippen molar-refractivity contribution in [2.75, 3.05) is 7.05 Å². The van der Waals surface area contributed by atoms with E-state index in [9.17, 15) is 21.6 Å². The van der Waals surface area contributed by atoms with Crippen molar-refractivity contribution in [3.8, 4) is 5.75 Å². The van der Waals surface area contributed by atoms with E-state index >= 15 is 0 Å². The number of benzene rings is 1. The van der Waals surface area contributed by atoms with Gasteiger partial charge in [-0.05, 0) is 56.3 Å². The van der Waals surface area contributed by atoms with E-state index in [-0.39, 0.29) is 11.7 Å². The number of hydrogen-bond donors (Lipinski definition) is 0. The molecule has 0 aliphatic carbocycles. The zero-order chi connectivity index (χ0) is 16.8. The van der Waals surface area contributed by atoms with Gasteiger partial charge < -0.3 is 9.08 Å². The molecule has 0 radical (unpaired) electrons. The second-order valence-electron chi connectivity index (χ2n) is 6.27. The third kappa shape index (κ3) is 3.19. The minimum absolute atomic E-state index is 0.223. The van der Waals surface area contributed by atoms with Gasteiger partial charge in [-0.25, -0.2) is 0 Å². The number of halogens is 3. The van der Waals surface area contributed by atoms with Crippen LogP contribution in [0, 0.1) is 0 Å². The molecule has 0 saturated carbocycles. The molecule has 2 heterocycles. The summed E-state index contributed by atoms with van der Waals surface area (Å²) in [6, 6.07) is 6.98. The third-order valence-corrected chi connectivity index (χ3v) is 5.90. The first-order valence-corrected chi connectivity index (χ1v) is 8.91. The Hall–Kier alpha value is -1.28. The molecule has 4 nitrogen and oxygen atoms in total. The fourth-order valence-electron chi connectivity index (χ4n) is 3.68. The van der Waals surface area contributed by atoms with Crippen molar-refractivity contribution >= 4 is 10.1 Å². The molecule has 0 N–H and O–H groups in total. The maximum Gasteiger partial charge on any atom is 0.534 e. The predicted molar refractivity (Wildman–Crippen MR) is 78.6 cm³/mol. The van der Waals surface area contributed by atoms with Gasteiger partial charge >= 0.3 is 15.6 Å². The van der Waals surface area contributed by atoms with Crippen molar-refractivity contribution in [2.45, 2.75) is 49.2 Å². The summed E-state index contributed by atoms with van der Waals surface area (Å²) < 4.78 is 63.7. The lowest BCUT2D eigenvalue weighted by molar-refractivity contribution is -0.0500. The first-order valence-electron chi connectivity index (χ1n) is 7.50. The summed E-state index contributed by atoms with van der Waals surface area (Å²) in [5.74, 6) is -0.0630. The molecule has 0 aromatic heterocycles. The van der Waals surface area contributed by atoms with Gasteiger partial charge in [0.15, 0.2) is 0 Å². The Balaban J connectivity index is 1.79. The second-order valence-corrected chi connectivity index (χ2v) is 7.81. The van der Waals surface area contributed by atoms with Crippen LogP contribution in [-0.2, 0) is 10.1 Å². The molecule has 2 saturated heterocycles. The van der Waals surface area contributed by atoms with Crippen LogP contribution >= 0.6 is 0 Å². The van der Waals surface area contributed by atoms with Crippen LogP contribution in [-0.4, -0.2) is 38.0 Å². The number of fused-ring (bicyclic) bond motifs is 2. The Bertz CT molecular complexity index is 675. The lowest BCUT2D eigenvalue weighted by atomic mass is 9.85. The van der Waals surface area contributed by atoms with E-state index in [2.05, 4.69) is 16.1 Å². The molecular formula is C15H18F3NO3S. The summed E-state index contributed by atoms with van der Waals surface area (Å²) in [5, 5.41) is 0. The van der Waals surface area contributed by atoms with Crippen LogP contribution in [0.15, 0.2) is 24.3 Å². The van der Waals surface area contributed by atoms with Crippen molar-refractivity contribution in [1.82, 2.24) is 4.90 Å². The second kappa shape index (κ2) is 5.66. The van der Waals surface area contributed by atoms with E-state index in [1.807, 2.05) is 6.07 Å². The topological polar surface area (TPSA) is 46.6 Å². The van der Waals surface area contributed by atoms with E-state index in [1.165, 1.54) is 18.2 Å². The fourth-order valence-corrected chi connectivity index (χ4v) is 4.13. The monoisotopic (exact) mass is 349 g/mol. The standard InChI is InChI=1S/C15H18F3NO3S/c1-19-12-5-6-13(19)8-11(7-12)10-3-2-4-14(9-10)22-23(20,21)15(16,17)18/h2-4,9,11-13H,5-8H2,1H3. The van der Waals surface area contributed by atoms with Gasteiger partial charge in [0.25, 0.3) is 0 Å². The summed E-state index contributed by atoms with van der Waals surface area (Å²) >= 11 is 0. The Labute approximate surface area is 133 Å². The van der Waals surface area contributed by atoms with Crippen LogP contribution in [0.5, 0.6) is 5.75 Å². The molecule has 128 valence electrons. The number of rotatable bonds is 3. The van der Waals surface area contributed by atoms with Crippen LogP contribution in [0.4, 0.5) is 13.2 Å². The molecule has 3 rings (SSSR count). The van der Waals surface area contributed by atoms with Gasteiger partial charge in [0.05, 0.1) is 0 Å². The van der Waals surface area contributed by atoms with E-state index in [0.717, 1.165) is 31.2 Å². The minimum atomic E-state index is -5.62. The summed E-state index contributed by atoms with van der Waals surface area (Å²) in [6.07, 6.45) is 4.14. The van der Waals surface area contributed by atoms with Gasteiger partial charge in [-0.1, -0.05) is 12.1 Å². The van der Waals surface area contributed by atoms with Gasteiger partial charge in [0.2, 0.25) is 0 Å². The normalized spacial score (nSPS) is 28.8. The molecule has 0 spiro atoms. The zero-order valence-electron chi connectivity index (χ0n) is 12.6. The SMILES string of the molecule is CN1C2CCC1CC(c1cccc(OS(=O)(=O)C(F)(F)F)c1)C2. The van der Waals surface area contributed by atoms with Gasteiger partial charge in [-0.3, -0.25) is 0 Å². The first-order chi connectivity index (χ1) is 10.7. The van der Waals surface area contributed by atoms with Crippen LogP contribution < -0.4 is 4.18 Å². The molecular weight excluding hydrogens is 331 g/mol. The van der Waals surface area contributed by atoms with E-state index in [0.29, 0.717) is 12.1 Å². The number of hydrogen-bond acceptors (Lipinski definition) is 4. The van der Waals surface area contributed by atoms with Crippen molar-refractivity contribution in [3.63, 3.8) is 0 Å². The summed E-state index contributed by atoms with van der Waals surface area (Å²) in [7, 11) is -3.52. The summed E-state index contributed by atoms with van der Waals surface area (Å²) in [5.41, 5.74) is -4.58. The van der Waals surface area contributed by atoms with Crippen LogP contribution in [0.25, 0.3) is 0 Å². The zero-order valence-corrected chi connectivity index (χ0v) is 13.4. The highest BCUT2D eigenvalue weighted by molar-refractivity contribution is 7.88. The maximum absolute atomic E-state index is 12.4. The molecule has 2 unspecified atom stereocenters. The smallest absolute Gasteiger partial charge is 0.376 e. The number of alkyl halides is 3. The first kappa shape index (κ1) is 16.6. The van der Waals surface area contributed by atoms with Crippen LogP contribution in [0.3, 0.4) is 0 Å². The Morgan fingerprint density at radius 3 is 2.35 bits per heavy atom. The molecule has 2 aliphatic rings. The largest absolute Gasteiger partial charge is 0.534 e. The van der Waals surface area contributed by atoms with Gasteiger partial charge in [0.1, 0.15) is 5.75 Å². The van der Waals surface area contributed by atoms with E-state index in [4.69, 9.17) is 0 Å². The van der Waals surface area contributed by atoms with Gasteiger partial charge in [-0.15, -0.1) is 0 Å². The number of piperidine rings is 1. The molecule has 2 fully saturated rings. The molecule has 0 amide bonds. The average Bonchev–Trinajstić information content (AvgIpc) is 2.68. The van der Waals surface area contributed by atoms with Crippen molar-refractivity contribution in [3.05, 3.63) is 29.8 Å². The third-order valence-electron chi connectivity index (χ3n) is 4.92. The lowest BCUT2D eigenvalue weighted by Crippen LogP contribution is -2.39. The molecule has 2 bridgehead atoms. The van der Waals surface area contributed by atoms with Gasteiger partial charge in [0, 0.05) is 12.1 Å². The quantitative estimate of drug-likeness (QED) is 0.621. The Morgan fingerprint density at radius 2 is 1.78 bits per heavy atom. The molecule has 2 aliphatic heterocycles. The maximum atomic E-state index is 12.4. The molecule has 2 atom stereocenters. The van der Waals surface area contributed by atoms with E-state index < -0.39 is 15.6 Å². The van der Waals surface area contributed by atoms with Crippen molar-refractivity contribution in [1.29, 1.82) is 0 Å². The highest BCUT2D eigenvalue weighted by Crippen LogP contribution is 2.42. The van der Waals surface area contributed by atoms with Crippen LogP contribution in [0.2, 0.25) is 0 Å². The Morgan fingerprint density at radius 1 is 1.17 bits per heavy atom. The molecule has 1 aromatic carbocycles.